The molecule has 2 aromatic rings. The van der Waals surface area contributed by atoms with Crippen LogP contribution in [0.1, 0.15) is 30.8 Å². The van der Waals surface area contributed by atoms with Crippen LogP contribution >= 0.6 is 11.6 Å². The number of halogens is 3. The number of carbonyl (C=O) groups is 1. The van der Waals surface area contributed by atoms with E-state index in [0.29, 0.717) is 12.1 Å². The minimum Gasteiger partial charge on any atom is -0.448 e. The van der Waals surface area contributed by atoms with Crippen molar-refractivity contribution in [1.29, 1.82) is 0 Å². The Hall–Kier alpha value is -2.26. The summed E-state index contributed by atoms with van der Waals surface area (Å²) >= 11 is 6.07. The minimum absolute atomic E-state index is 0.0774. The lowest BCUT2D eigenvalue weighted by Gasteiger charge is -2.15. The van der Waals surface area contributed by atoms with Crippen molar-refractivity contribution < 1.29 is 18.3 Å². The lowest BCUT2D eigenvalue weighted by Crippen LogP contribution is -2.27. The molecule has 0 saturated carbocycles. The molecule has 0 aliphatic heterocycles. The van der Waals surface area contributed by atoms with Gasteiger partial charge in [-0.25, -0.2) is 23.2 Å². The third-order valence-electron chi connectivity index (χ3n) is 3.11. The molecule has 1 heterocycles. The number of nitrogens with zero attached hydrogens (tertiary/aromatic N) is 3. The zero-order valence-corrected chi connectivity index (χ0v) is 13.5. The number of alkyl carbamates (subject to hydrolysis) is 1. The summed E-state index contributed by atoms with van der Waals surface area (Å²) in [5.41, 5.74) is 6.74. The molecule has 2 rings (SSSR count). The van der Waals surface area contributed by atoms with Gasteiger partial charge < -0.3 is 15.8 Å². The first-order valence-electron chi connectivity index (χ1n) is 7.08. The predicted octanol–water partition coefficient (Wildman–Crippen LogP) is 2.60. The number of hydrogen-bond donors (Lipinski definition) is 2. The maximum atomic E-state index is 13.0. The van der Waals surface area contributed by atoms with Gasteiger partial charge in [0.05, 0.1) is 16.8 Å². The Kier molecular flexibility index (Phi) is 6.04. The SMILES string of the molecule is CCNC(=O)OCC(N)c1ccc(Cl)c(-n2ncnc2C(F)F)c1. The largest absolute Gasteiger partial charge is 0.448 e. The van der Waals surface area contributed by atoms with Gasteiger partial charge in [-0.3, -0.25) is 0 Å². The van der Waals surface area contributed by atoms with Crippen LogP contribution < -0.4 is 11.1 Å². The van der Waals surface area contributed by atoms with E-state index in [1.807, 2.05) is 0 Å². The van der Waals surface area contributed by atoms with Crippen LogP contribution in [-0.2, 0) is 4.74 Å². The standard InChI is InChI=1S/C14H16ClF2N5O2/c1-2-19-14(23)24-6-10(18)8-3-4-9(15)11(5-8)22-13(12(16)17)20-7-21-22/h3-5,7,10,12H,2,6,18H2,1H3,(H,19,23). The van der Waals surface area contributed by atoms with E-state index in [0.717, 1.165) is 11.0 Å². The van der Waals surface area contributed by atoms with Gasteiger partial charge >= 0.3 is 6.09 Å². The molecule has 0 aliphatic rings. The van der Waals surface area contributed by atoms with E-state index >= 15 is 0 Å². The van der Waals surface area contributed by atoms with Crippen molar-refractivity contribution in [3.63, 3.8) is 0 Å². The van der Waals surface area contributed by atoms with E-state index in [1.165, 1.54) is 12.1 Å². The van der Waals surface area contributed by atoms with E-state index < -0.39 is 24.4 Å². The summed E-state index contributed by atoms with van der Waals surface area (Å²) in [6.45, 7) is 2.11. The van der Waals surface area contributed by atoms with Crippen LogP contribution in [0.2, 0.25) is 5.02 Å². The van der Waals surface area contributed by atoms with E-state index in [2.05, 4.69) is 15.4 Å². The molecule has 1 amide bonds. The smallest absolute Gasteiger partial charge is 0.407 e. The lowest BCUT2D eigenvalue weighted by atomic mass is 10.1. The highest BCUT2D eigenvalue weighted by Crippen LogP contribution is 2.27. The Morgan fingerprint density at radius 3 is 2.92 bits per heavy atom. The summed E-state index contributed by atoms with van der Waals surface area (Å²) in [4.78, 5) is 14.8. The molecule has 0 spiro atoms. The molecule has 7 nitrogen and oxygen atoms in total. The molecule has 1 unspecified atom stereocenters. The number of nitrogens with one attached hydrogen (secondary N) is 1. The zero-order chi connectivity index (χ0) is 17.7. The van der Waals surface area contributed by atoms with Crippen molar-refractivity contribution in [2.24, 2.45) is 5.73 Å². The first kappa shape index (κ1) is 18.1. The second-order valence-electron chi connectivity index (χ2n) is 4.78. The number of benzene rings is 1. The fraction of sp³-hybridized carbons (Fsp3) is 0.357. The minimum atomic E-state index is -2.80. The molecule has 1 atom stereocenters. The van der Waals surface area contributed by atoms with Crippen molar-refractivity contribution in [1.82, 2.24) is 20.1 Å². The van der Waals surface area contributed by atoms with Crippen LogP contribution in [0.4, 0.5) is 13.6 Å². The van der Waals surface area contributed by atoms with Gasteiger partial charge in [-0.1, -0.05) is 17.7 Å². The number of amides is 1. The summed E-state index contributed by atoms with van der Waals surface area (Å²) in [7, 11) is 0. The molecule has 0 radical (unpaired) electrons. The van der Waals surface area contributed by atoms with Gasteiger partial charge in [0.2, 0.25) is 0 Å². The molecule has 130 valence electrons. The van der Waals surface area contributed by atoms with Crippen molar-refractivity contribution in [2.45, 2.75) is 19.4 Å². The number of ether oxygens (including phenoxy) is 1. The van der Waals surface area contributed by atoms with E-state index in [1.54, 1.807) is 13.0 Å². The van der Waals surface area contributed by atoms with Gasteiger partial charge in [0.15, 0.2) is 5.82 Å². The summed E-state index contributed by atoms with van der Waals surface area (Å²) in [6.07, 6.45) is -2.37. The van der Waals surface area contributed by atoms with E-state index in [-0.39, 0.29) is 17.3 Å². The maximum absolute atomic E-state index is 13.0. The molecule has 1 aromatic heterocycles. The summed E-state index contributed by atoms with van der Waals surface area (Å²) < 4.78 is 31.8. The average Bonchev–Trinajstić information content (AvgIpc) is 3.03. The number of hydrogen-bond acceptors (Lipinski definition) is 5. The zero-order valence-electron chi connectivity index (χ0n) is 12.7. The number of aromatic nitrogens is 3. The van der Waals surface area contributed by atoms with E-state index in [9.17, 15) is 13.6 Å². The fourth-order valence-electron chi connectivity index (χ4n) is 1.96. The van der Waals surface area contributed by atoms with Crippen molar-refractivity contribution in [3.05, 3.63) is 40.9 Å². The lowest BCUT2D eigenvalue weighted by molar-refractivity contribution is 0.137. The van der Waals surface area contributed by atoms with Gasteiger partial charge in [0, 0.05) is 6.54 Å². The van der Waals surface area contributed by atoms with Gasteiger partial charge in [-0.05, 0) is 24.6 Å². The van der Waals surface area contributed by atoms with Crippen LogP contribution in [-0.4, -0.2) is 34.0 Å². The van der Waals surface area contributed by atoms with Crippen LogP contribution in [0.3, 0.4) is 0 Å². The normalized spacial score (nSPS) is 12.2. The highest BCUT2D eigenvalue weighted by molar-refractivity contribution is 6.32. The van der Waals surface area contributed by atoms with Crippen molar-refractivity contribution in [3.8, 4) is 5.69 Å². The molecule has 1 aromatic carbocycles. The second-order valence-corrected chi connectivity index (χ2v) is 5.18. The van der Waals surface area contributed by atoms with Crippen LogP contribution in [0.15, 0.2) is 24.5 Å². The monoisotopic (exact) mass is 359 g/mol. The van der Waals surface area contributed by atoms with E-state index in [4.69, 9.17) is 22.1 Å². The molecule has 24 heavy (non-hydrogen) atoms. The van der Waals surface area contributed by atoms with Gasteiger partial charge in [-0.15, -0.1) is 0 Å². The third kappa shape index (κ3) is 4.18. The number of carbonyl (C=O) groups excluding carboxylic acids is 1. The van der Waals surface area contributed by atoms with Crippen LogP contribution in [0.5, 0.6) is 0 Å². The maximum Gasteiger partial charge on any atom is 0.407 e. The van der Waals surface area contributed by atoms with Gasteiger partial charge in [0.25, 0.3) is 6.43 Å². The first-order valence-corrected chi connectivity index (χ1v) is 7.46. The second kappa shape index (κ2) is 8.02. The first-order chi connectivity index (χ1) is 11.4. The van der Waals surface area contributed by atoms with Crippen molar-refractivity contribution >= 4 is 17.7 Å². The third-order valence-corrected chi connectivity index (χ3v) is 3.43. The molecule has 0 bridgehead atoms. The molecule has 0 saturated heterocycles. The highest BCUT2D eigenvalue weighted by Gasteiger charge is 2.19. The Bertz CT molecular complexity index is 710. The average molecular weight is 360 g/mol. The van der Waals surface area contributed by atoms with Gasteiger partial charge in [-0.2, -0.15) is 5.10 Å². The van der Waals surface area contributed by atoms with Gasteiger partial charge in [0.1, 0.15) is 12.9 Å². The molecule has 10 heteroatoms. The summed E-state index contributed by atoms with van der Waals surface area (Å²) in [5.74, 6) is -0.527. The number of alkyl halides is 2. The summed E-state index contributed by atoms with van der Waals surface area (Å²) in [5, 5.41) is 6.46. The van der Waals surface area contributed by atoms with Crippen LogP contribution in [0.25, 0.3) is 5.69 Å². The Labute approximate surface area is 141 Å². The number of nitrogens with two attached hydrogens (primary N) is 1. The predicted molar refractivity (Wildman–Crippen MR) is 83.3 cm³/mol. The molecule has 0 fully saturated rings. The number of rotatable bonds is 6. The fourth-order valence-corrected chi connectivity index (χ4v) is 2.16. The quantitative estimate of drug-likeness (QED) is 0.826. The molecule has 0 aliphatic carbocycles. The Morgan fingerprint density at radius 2 is 2.25 bits per heavy atom. The molecule has 3 N–H and O–H groups in total. The highest BCUT2D eigenvalue weighted by atomic mass is 35.5. The molecular weight excluding hydrogens is 344 g/mol. The topological polar surface area (TPSA) is 95.1 Å². The summed E-state index contributed by atoms with van der Waals surface area (Å²) in [6, 6.07) is 3.99. The molecular formula is C14H16ClF2N5O2. The Balaban J connectivity index is 2.22. The van der Waals surface area contributed by atoms with Crippen LogP contribution in [0, 0.1) is 0 Å². The van der Waals surface area contributed by atoms with Crippen molar-refractivity contribution in [2.75, 3.05) is 13.2 Å². The Morgan fingerprint density at radius 1 is 1.50 bits per heavy atom.